The summed E-state index contributed by atoms with van der Waals surface area (Å²) in [4.78, 5) is 13.0. The van der Waals surface area contributed by atoms with E-state index >= 15 is 0 Å². The van der Waals surface area contributed by atoms with E-state index in [9.17, 15) is 22.7 Å². The Morgan fingerprint density at radius 1 is 1.18 bits per heavy atom. The van der Waals surface area contributed by atoms with E-state index in [2.05, 4.69) is 0 Å². The number of carbonyl (C=O) groups is 1. The lowest BCUT2D eigenvalue weighted by atomic mass is 10.2. The minimum absolute atomic E-state index is 0.129. The molecule has 3 N–H and O–H groups in total. The van der Waals surface area contributed by atoms with Gasteiger partial charge >= 0.3 is 0 Å². The number of halogens is 2. The molecule has 0 saturated heterocycles. The van der Waals surface area contributed by atoms with Gasteiger partial charge in [-0.05, 0) is 30.3 Å². The lowest BCUT2D eigenvalue weighted by Crippen LogP contribution is -2.41. The smallest absolute Gasteiger partial charge is 0.269 e. The van der Waals surface area contributed by atoms with Crippen LogP contribution in [0.5, 0.6) is 5.75 Å². The monoisotopic (exact) mass is 344 g/mol. The van der Waals surface area contributed by atoms with Gasteiger partial charge in [0.1, 0.15) is 16.5 Å². The van der Waals surface area contributed by atoms with Crippen LogP contribution in [0.15, 0.2) is 47.4 Å². The van der Waals surface area contributed by atoms with E-state index in [1.54, 1.807) is 4.83 Å². The van der Waals surface area contributed by atoms with Gasteiger partial charge in [0.15, 0.2) is 0 Å². The SMILES string of the molecule is O=C(NNS(=O)(=O)c1cc(F)ccc1Cl)c1ccccc1O. The molecule has 9 heteroatoms. The molecule has 0 aliphatic heterocycles. The molecule has 0 radical (unpaired) electrons. The quantitative estimate of drug-likeness (QED) is 0.737. The number of hydrazine groups is 1. The van der Waals surface area contributed by atoms with E-state index in [1.807, 2.05) is 5.43 Å². The maximum atomic E-state index is 13.1. The van der Waals surface area contributed by atoms with E-state index < -0.39 is 26.6 Å². The first-order chi connectivity index (χ1) is 10.3. The third kappa shape index (κ3) is 3.53. The molecule has 0 unspecified atom stereocenters. The molecule has 6 nitrogen and oxygen atoms in total. The number of aromatic hydroxyl groups is 1. The molecular weight excluding hydrogens is 335 g/mol. The molecule has 2 rings (SSSR count). The fraction of sp³-hybridized carbons (Fsp3) is 0. The standard InChI is InChI=1S/C13H10ClFN2O4S/c14-10-6-5-8(15)7-12(10)22(20,21)17-16-13(19)9-3-1-2-4-11(9)18/h1-7,17-18H,(H,16,19). The van der Waals surface area contributed by atoms with Crippen molar-refractivity contribution < 1.29 is 22.7 Å². The normalized spacial score (nSPS) is 11.2. The highest BCUT2D eigenvalue weighted by Gasteiger charge is 2.20. The summed E-state index contributed by atoms with van der Waals surface area (Å²) in [6.07, 6.45) is 0. The maximum Gasteiger partial charge on any atom is 0.269 e. The first kappa shape index (κ1) is 16.2. The predicted octanol–water partition coefficient (Wildman–Crippen LogP) is 1.81. The molecule has 0 aliphatic carbocycles. The summed E-state index contributed by atoms with van der Waals surface area (Å²) in [6.45, 7) is 0. The van der Waals surface area contributed by atoms with Crippen LogP contribution in [0, 0.1) is 5.82 Å². The zero-order valence-corrected chi connectivity index (χ0v) is 12.5. The number of nitrogens with one attached hydrogen (secondary N) is 2. The average Bonchev–Trinajstić information content (AvgIpc) is 2.48. The van der Waals surface area contributed by atoms with Crippen molar-refractivity contribution in [3.63, 3.8) is 0 Å². The molecule has 2 aromatic carbocycles. The van der Waals surface area contributed by atoms with Crippen LogP contribution in [0.4, 0.5) is 4.39 Å². The minimum atomic E-state index is -4.26. The van der Waals surface area contributed by atoms with E-state index in [4.69, 9.17) is 11.6 Å². The molecule has 0 bridgehead atoms. The molecule has 116 valence electrons. The predicted molar refractivity (Wildman–Crippen MR) is 77.3 cm³/mol. The average molecular weight is 345 g/mol. The molecule has 0 aromatic heterocycles. The Hall–Kier alpha value is -2.16. The van der Waals surface area contributed by atoms with Crippen molar-refractivity contribution in [1.82, 2.24) is 10.3 Å². The third-order valence-electron chi connectivity index (χ3n) is 2.63. The Morgan fingerprint density at radius 3 is 2.55 bits per heavy atom. The first-order valence-corrected chi connectivity index (χ1v) is 7.72. The summed E-state index contributed by atoms with van der Waals surface area (Å²) in [5.74, 6) is -1.99. The van der Waals surface area contributed by atoms with Gasteiger partial charge in [-0.3, -0.25) is 10.2 Å². The van der Waals surface area contributed by atoms with Crippen molar-refractivity contribution in [1.29, 1.82) is 0 Å². The van der Waals surface area contributed by atoms with E-state index in [0.29, 0.717) is 0 Å². The molecular formula is C13H10ClFN2O4S. The summed E-state index contributed by atoms with van der Waals surface area (Å²) in [6, 6.07) is 8.37. The van der Waals surface area contributed by atoms with Crippen molar-refractivity contribution >= 4 is 27.5 Å². The van der Waals surface area contributed by atoms with Crippen molar-refractivity contribution in [2.24, 2.45) is 0 Å². The molecule has 1 amide bonds. The molecule has 0 spiro atoms. The van der Waals surface area contributed by atoms with E-state index in [1.165, 1.54) is 24.3 Å². The Morgan fingerprint density at radius 2 is 1.86 bits per heavy atom. The van der Waals surface area contributed by atoms with Crippen molar-refractivity contribution in [2.75, 3.05) is 0 Å². The number of rotatable bonds is 4. The highest BCUT2D eigenvalue weighted by atomic mass is 35.5. The maximum absolute atomic E-state index is 13.1. The number of carbonyl (C=O) groups excluding carboxylic acids is 1. The summed E-state index contributed by atoms with van der Waals surface area (Å²) >= 11 is 5.70. The van der Waals surface area contributed by atoms with Crippen LogP contribution >= 0.6 is 11.6 Å². The highest BCUT2D eigenvalue weighted by Crippen LogP contribution is 2.21. The van der Waals surface area contributed by atoms with Gasteiger partial charge in [0.2, 0.25) is 0 Å². The fourth-order valence-electron chi connectivity index (χ4n) is 1.58. The largest absolute Gasteiger partial charge is 0.507 e. The summed E-state index contributed by atoms with van der Waals surface area (Å²) in [5.41, 5.74) is 1.78. The summed E-state index contributed by atoms with van der Waals surface area (Å²) in [7, 11) is -4.26. The van der Waals surface area contributed by atoms with Gasteiger partial charge in [0.05, 0.1) is 10.6 Å². The molecule has 0 saturated carbocycles. The minimum Gasteiger partial charge on any atom is -0.507 e. The number of amides is 1. The number of para-hydroxylation sites is 1. The van der Waals surface area contributed by atoms with Gasteiger partial charge < -0.3 is 5.11 Å². The van der Waals surface area contributed by atoms with Crippen LogP contribution < -0.4 is 10.3 Å². The molecule has 2 aromatic rings. The van der Waals surface area contributed by atoms with Crippen LogP contribution in [0.2, 0.25) is 5.02 Å². The Bertz CT molecular complexity index is 827. The van der Waals surface area contributed by atoms with Gasteiger partial charge in [-0.1, -0.05) is 23.7 Å². The number of hydrogen-bond donors (Lipinski definition) is 3. The molecule has 22 heavy (non-hydrogen) atoms. The van der Waals surface area contributed by atoms with Gasteiger partial charge in [0.25, 0.3) is 15.9 Å². The summed E-state index contributed by atoms with van der Waals surface area (Å²) < 4.78 is 37.1. The van der Waals surface area contributed by atoms with E-state index in [-0.39, 0.29) is 16.3 Å². The molecule has 0 aliphatic rings. The number of benzene rings is 2. The highest BCUT2D eigenvalue weighted by molar-refractivity contribution is 7.89. The molecule has 0 fully saturated rings. The van der Waals surface area contributed by atoms with Gasteiger partial charge in [-0.25, -0.2) is 12.8 Å². The number of phenolic OH excluding ortho intramolecular Hbond substituents is 1. The van der Waals surface area contributed by atoms with Gasteiger partial charge in [-0.2, -0.15) is 0 Å². The fourth-order valence-corrected chi connectivity index (χ4v) is 2.94. The van der Waals surface area contributed by atoms with Crippen LogP contribution in [-0.4, -0.2) is 19.4 Å². The van der Waals surface area contributed by atoms with Crippen LogP contribution in [-0.2, 0) is 10.0 Å². The number of hydrogen-bond acceptors (Lipinski definition) is 4. The second kappa shape index (κ2) is 6.30. The van der Waals surface area contributed by atoms with Gasteiger partial charge in [-0.15, -0.1) is 4.83 Å². The Labute approximate surface area is 130 Å². The Balaban J connectivity index is 2.18. The van der Waals surface area contributed by atoms with Crippen LogP contribution in [0.25, 0.3) is 0 Å². The second-order valence-electron chi connectivity index (χ2n) is 4.15. The van der Waals surface area contributed by atoms with Gasteiger partial charge in [0, 0.05) is 0 Å². The summed E-state index contributed by atoms with van der Waals surface area (Å²) in [5, 5.41) is 9.30. The number of sulfonamides is 1. The van der Waals surface area contributed by atoms with Crippen molar-refractivity contribution in [3.8, 4) is 5.75 Å². The van der Waals surface area contributed by atoms with E-state index in [0.717, 1.165) is 18.2 Å². The molecule has 0 heterocycles. The van der Waals surface area contributed by atoms with Crippen LogP contribution in [0.3, 0.4) is 0 Å². The third-order valence-corrected chi connectivity index (χ3v) is 4.36. The zero-order chi connectivity index (χ0) is 16.3. The second-order valence-corrected chi connectivity index (χ2v) is 6.21. The zero-order valence-electron chi connectivity index (χ0n) is 10.9. The topological polar surface area (TPSA) is 95.5 Å². The number of phenols is 1. The molecule has 0 atom stereocenters. The first-order valence-electron chi connectivity index (χ1n) is 5.86. The Kier molecular flexibility index (Phi) is 4.65. The lowest BCUT2D eigenvalue weighted by molar-refractivity contribution is 0.0942. The van der Waals surface area contributed by atoms with Crippen molar-refractivity contribution in [3.05, 3.63) is 58.9 Å². The lowest BCUT2D eigenvalue weighted by Gasteiger charge is -2.10. The van der Waals surface area contributed by atoms with Crippen molar-refractivity contribution in [2.45, 2.75) is 4.90 Å². The van der Waals surface area contributed by atoms with Crippen LogP contribution in [0.1, 0.15) is 10.4 Å².